The molecule has 5 nitrogen and oxygen atoms in total. The summed E-state index contributed by atoms with van der Waals surface area (Å²) in [6, 6.07) is 5.96. The molecule has 20 heavy (non-hydrogen) atoms. The average Bonchev–Trinajstić information content (AvgIpc) is 2.97. The third-order valence-electron chi connectivity index (χ3n) is 3.09. The molecule has 2 rings (SSSR count). The summed E-state index contributed by atoms with van der Waals surface area (Å²) in [5.41, 5.74) is 0.955. The van der Waals surface area contributed by atoms with Crippen molar-refractivity contribution in [2.45, 2.75) is 19.4 Å². The Hall–Kier alpha value is -1.66. The normalized spacial score (nSPS) is 12.2. The van der Waals surface area contributed by atoms with Gasteiger partial charge >= 0.3 is 0 Å². The first kappa shape index (κ1) is 14.7. The van der Waals surface area contributed by atoms with E-state index in [4.69, 9.17) is 9.47 Å². The highest BCUT2D eigenvalue weighted by Gasteiger charge is 2.15. The van der Waals surface area contributed by atoms with E-state index >= 15 is 0 Å². The number of nitrogens with zero attached hydrogens (tertiary/aromatic N) is 2. The minimum Gasteiger partial charge on any atom is -0.497 e. The number of benzene rings is 1. The number of rotatable bonds is 6. The minimum atomic E-state index is 0.244. The molecular formula is C14H19N3O2S. The Bertz CT molecular complexity index is 545. The first-order valence-corrected chi connectivity index (χ1v) is 7.27. The Morgan fingerprint density at radius 2 is 1.80 bits per heavy atom. The van der Waals surface area contributed by atoms with Gasteiger partial charge in [0.25, 0.3) is 0 Å². The topological polar surface area (TPSA) is 56.3 Å². The smallest absolute Gasteiger partial charge is 0.148 e. The highest BCUT2D eigenvalue weighted by Crippen LogP contribution is 2.33. The third kappa shape index (κ3) is 3.08. The number of methoxy groups -OCH3 is 2. The summed E-state index contributed by atoms with van der Waals surface area (Å²) in [6.45, 7) is 2.12. The van der Waals surface area contributed by atoms with Gasteiger partial charge in [0.1, 0.15) is 21.5 Å². The lowest BCUT2D eigenvalue weighted by molar-refractivity contribution is 0.394. The molecule has 0 bridgehead atoms. The van der Waals surface area contributed by atoms with Crippen molar-refractivity contribution in [3.8, 4) is 22.1 Å². The number of aromatic nitrogens is 2. The highest BCUT2D eigenvalue weighted by atomic mass is 32.1. The van der Waals surface area contributed by atoms with Gasteiger partial charge in [-0.2, -0.15) is 0 Å². The number of nitrogens with one attached hydrogen (secondary N) is 1. The molecule has 1 heterocycles. The van der Waals surface area contributed by atoms with Crippen molar-refractivity contribution in [3.05, 3.63) is 23.2 Å². The third-order valence-corrected chi connectivity index (χ3v) is 4.18. The van der Waals surface area contributed by atoms with Crippen molar-refractivity contribution in [2.75, 3.05) is 21.3 Å². The number of hydrogen-bond acceptors (Lipinski definition) is 6. The van der Waals surface area contributed by atoms with E-state index in [0.717, 1.165) is 33.5 Å². The second-order valence-electron chi connectivity index (χ2n) is 4.30. The maximum Gasteiger partial charge on any atom is 0.148 e. The first-order chi connectivity index (χ1) is 9.71. The lowest BCUT2D eigenvalue weighted by atomic mass is 10.2. The standard InChI is InChI=1S/C14H19N3O2S/c1-5-12(15-2)14-17-16-13(20-14)9-6-10(18-3)8-11(7-9)19-4/h6-8,12,15H,5H2,1-4H3. The first-order valence-electron chi connectivity index (χ1n) is 6.45. The molecule has 0 spiro atoms. The zero-order chi connectivity index (χ0) is 14.5. The van der Waals surface area contributed by atoms with Crippen molar-refractivity contribution < 1.29 is 9.47 Å². The maximum atomic E-state index is 5.28. The van der Waals surface area contributed by atoms with Gasteiger partial charge in [-0.3, -0.25) is 0 Å². The molecule has 1 N–H and O–H groups in total. The van der Waals surface area contributed by atoms with E-state index in [1.54, 1.807) is 25.6 Å². The van der Waals surface area contributed by atoms with Crippen molar-refractivity contribution in [1.29, 1.82) is 0 Å². The molecule has 6 heteroatoms. The molecule has 2 aromatic rings. The van der Waals surface area contributed by atoms with Crippen LogP contribution in [0.5, 0.6) is 11.5 Å². The molecular weight excluding hydrogens is 274 g/mol. The van der Waals surface area contributed by atoms with Crippen molar-refractivity contribution in [2.24, 2.45) is 0 Å². The molecule has 1 aromatic carbocycles. The van der Waals surface area contributed by atoms with Gasteiger partial charge in [0.15, 0.2) is 0 Å². The summed E-state index contributed by atoms with van der Waals surface area (Å²) in [7, 11) is 5.21. The van der Waals surface area contributed by atoms with Crippen molar-refractivity contribution in [3.63, 3.8) is 0 Å². The Labute approximate surface area is 123 Å². The van der Waals surface area contributed by atoms with Gasteiger partial charge in [0.2, 0.25) is 0 Å². The van der Waals surface area contributed by atoms with E-state index in [2.05, 4.69) is 22.4 Å². The molecule has 1 atom stereocenters. The van der Waals surface area contributed by atoms with E-state index in [1.807, 2.05) is 25.2 Å². The fraction of sp³-hybridized carbons (Fsp3) is 0.429. The average molecular weight is 293 g/mol. The molecule has 0 saturated carbocycles. The molecule has 1 unspecified atom stereocenters. The zero-order valence-electron chi connectivity index (χ0n) is 12.1. The molecule has 1 aromatic heterocycles. The van der Waals surface area contributed by atoms with Crippen LogP contribution in [0.1, 0.15) is 24.4 Å². The summed E-state index contributed by atoms with van der Waals surface area (Å²) >= 11 is 1.59. The van der Waals surface area contributed by atoms with Gasteiger partial charge in [-0.1, -0.05) is 18.3 Å². The predicted octanol–water partition coefficient (Wildman–Crippen LogP) is 2.89. The van der Waals surface area contributed by atoms with Gasteiger partial charge in [-0.05, 0) is 25.6 Å². The molecule has 0 aliphatic rings. The zero-order valence-corrected chi connectivity index (χ0v) is 13.0. The maximum absolute atomic E-state index is 5.28. The van der Waals surface area contributed by atoms with E-state index in [1.165, 1.54) is 0 Å². The Kier molecular flexibility index (Phi) is 4.92. The molecule has 0 radical (unpaired) electrons. The van der Waals surface area contributed by atoms with Crippen LogP contribution in [0, 0.1) is 0 Å². The van der Waals surface area contributed by atoms with Crippen LogP contribution in [0.15, 0.2) is 18.2 Å². The molecule has 0 amide bonds. The Balaban J connectivity index is 2.36. The minimum absolute atomic E-state index is 0.244. The second kappa shape index (κ2) is 6.67. The van der Waals surface area contributed by atoms with Crippen LogP contribution in [-0.4, -0.2) is 31.5 Å². The van der Waals surface area contributed by atoms with Gasteiger partial charge in [0.05, 0.1) is 20.3 Å². The number of hydrogen-bond donors (Lipinski definition) is 1. The van der Waals surface area contributed by atoms with E-state index < -0.39 is 0 Å². The monoisotopic (exact) mass is 293 g/mol. The molecule has 108 valence electrons. The quantitative estimate of drug-likeness (QED) is 0.887. The van der Waals surface area contributed by atoms with Crippen molar-refractivity contribution >= 4 is 11.3 Å². The van der Waals surface area contributed by atoms with Crippen LogP contribution < -0.4 is 14.8 Å². The molecule has 0 saturated heterocycles. The van der Waals surface area contributed by atoms with Gasteiger partial charge < -0.3 is 14.8 Å². The Morgan fingerprint density at radius 1 is 1.15 bits per heavy atom. The lowest BCUT2D eigenvalue weighted by Gasteiger charge is -2.08. The second-order valence-corrected chi connectivity index (χ2v) is 5.31. The highest BCUT2D eigenvalue weighted by molar-refractivity contribution is 7.14. The van der Waals surface area contributed by atoms with Gasteiger partial charge in [-0.25, -0.2) is 0 Å². The van der Waals surface area contributed by atoms with Gasteiger partial charge in [-0.15, -0.1) is 10.2 Å². The summed E-state index contributed by atoms with van der Waals surface area (Å²) in [4.78, 5) is 0. The molecule has 0 aliphatic carbocycles. The summed E-state index contributed by atoms with van der Waals surface area (Å²) in [6.07, 6.45) is 0.979. The van der Waals surface area contributed by atoms with Crippen molar-refractivity contribution in [1.82, 2.24) is 15.5 Å². The van der Waals surface area contributed by atoms with E-state index in [9.17, 15) is 0 Å². The summed E-state index contributed by atoms with van der Waals surface area (Å²) in [5, 5.41) is 13.6. The largest absolute Gasteiger partial charge is 0.497 e. The molecule has 0 fully saturated rings. The lowest BCUT2D eigenvalue weighted by Crippen LogP contribution is -2.14. The predicted molar refractivity (Wildman–Crippen MR) is 80.5 cm³/mol. The SMILES string of the molecule is CCC(NC)c1nnc(-c2cc(OC)cc(OC)c2)s1. The van der Waals surface area contributed by atoms with Crippen LogP contribution in [0.4, 0.5) is 0 Å². The summed E-state index contributed by atoms with van der Waals surface area (Å²) < 4.78 is 10.6. The van der Waals surface area contributed by atoms with Crippen LogP contribution in [0.3, 0.4) is 0 Å². The van der Waals surface area contributed by atoms with Crippen LogP contribution in [0.25, 0.3) is 10.6 Å². The van der Waals surface area contributed by atoms with Crippen LogP contribution in [0.2, 0.25) is 0 Å². The van der Waals surface area contributed by atoms with E-state index in [-0.39, 0.29) is 6.04 Å². The Morgan fingerprint density at radius 3 is 2.30 bits per heavy atom. The van der Waals surface area contributed by atoms with E-state index in [0.29, 0.717) is 0 Å². The van der Waals surface area contributed by atoms with Crippen LogP contribution >= 0.6 is 11.3 Å². The fourth-order valence-corrected chi connectivity index (χ4v) is 2.95. The molecule has 0 aliphatic heterocycles. The van der Waals surface area contributed by atoms with Gasteiger partial charge in [0, 0.05) is 11.6 Å². The fourth-order valence-electron chi connectivity index (χ4n) is 1.93. The number of ether oxygens (including phenoxy) is 2. The summed E-state index contributed by atoms with van der Waals surface area (Å²) in [5.74, 6) is 1.49. The van der Waals surface area contributed by atoms with Crippen LogP contribution in [-0.2, 0) is 0 Å².